The van der Waals surface area contributed by atoms with E-state index < -0.39 is 0 Å². The Morgan fingerprint density at radius 2 is 2.00 bits per heavy atom. The highest BCUT2D eigenvalue weighted by Crippen LogP contribution is 2.34. The number of carbonyl (C=O) groups excluding carboxylic acids is 1. The molecule has 0 saturated heterocycles. The monoisotopic (exact) mass is 329 g/mol. The Balaban J connectivity index is 1.70. The molecule has 1 N–H and O–H groups in total. The van der Waals surface area contributed by atoms with Crippen molar-refractivity contribution in [3.05, 3.63) is 47.7 Å². The molecule has 1 saturated carbocycles. The molecule has 0 spiro atoms. The van der Waals surface area contributed by atoms with Gasteiger partial charge in [0.2, 0.25) is 18.2 Å². The molecule has 0 aliphatic heterocycles. The van der Waals surface area contributed by atoms with Crippen LogP contribution in [0.15, 0.2) is 34.7 Å². The molecule has 6 heteroatoms. The number of carbonyl (C=O) groups is 1. The predicted octanol–water partition coefficient (Wildman–Crippen LogP) is 3.17. The maximum Gasteiger partial charge on any atom is 0.233 e. The zero-order valence-electron chi connectivity index (χ0n) is 13.7. The summed E-state index contributed by atoms with van der Waals surface area (Å²) in [6, 6.07) is 9.95. The lowest BCUT2D eigenvalue weighted by Gasteiger charge is -2.19. The van der Waals surface area contributed by atoms with Crippen LogP contribution < -0.4 is 0 Å². The molecular weight excluding hydrogens is 306 g/mol. The minimum atomic E-state index is -0.125. The van der Waals surface area contributed by atoms with Crippen LogP contribution in [0.2, 0.25) is 0 Å². The second-order valence-corrected chi connectivity index (χ2v) is 6.51. The summed E-state index contributed by atoms with van der Waals surface area (Å²) in [4.78, 5) is 10.8. The number of hydrogen-bond donors (Lipinski definition) is 1. The quantitative estimate of drug-likeness (QED) is 0.457. The SMILES string of the molecule is O=CN(O)C[C@H](CC1CCCC1)c1nnc(Cc2ccccc2)o1. The van der Waals surface area contributed by atoms with E-state index in [0.29, 0.717) is 35.6 Å². The van der Waals surface area contributed by atoms with Gasteiger partial charge in [-0.25, -0.2) is 5.06 Å². The molecule has 0 bridgehead atoms. The van der Waals surface area contributed by atoms with Crippen molar-refractivity contribution in [1.82, 2.24) is 15.3 Å². The van der Waals surface area contributed by atoms with E-state index in [1.54, 1.807) is 0 Å². The fraction of sp³-hybridized carbons (Fsp3) is 0.500. The number of amides is 1. The van der Waals surface area contributed by atoms with Crippen LogP contribution >= 0.6 is 0 Å². The van der Waals surface area contributed by atoms with E-state index in [1.165, 1.54) is 25.7 Å². The summed E-state index contributed by atoms with van der Waals surface area (Å²) in [6.07, 6.45) is 6.73. The normalized spacial score (nSPS) is 16.2. The number of rotatable bonds is 8. The summed E-state index contributed by atoms with van der Waals surface area (Å²) in [7, 11) is 0. The van der Waals surface area contributed by atoms with Gasteiger partial charge in [-0.05, 0) is 17.9 Å². The van der Waals surface area contributed by atoms with Gasteiger partial charge in [0.25, 0.3) is 0 Å². The van der Waals surface area contributed by atoms with Crippen LogP contribution in [0.4, 0.5) is 0 Å². The maximum absolute atomic E-state index is 10.8. The third-order valence-corrected chi connectivity index (χ3v) is 4.65. The molecule has 1 aromatic carbocycles. The van der Waals surface area contributed by atoms with Gasteiger partial charge in [-0.1, -0.05) is 56.0 Å². The lowest BCUT2D eigenvalue weighted by Crippen LogP contribution is -2.25. The summed E-state index contributed by atoms with van der Waals surface area (Å²) >= 11 is 0. The van der Waals surface area contributed by atoms with Gasteiger partial charge in [-0.15, -0.1) is 10.2 Å². The molecule has 2 aromatic rings. The van der Waals surface area contributed by atoms with E-state index in [0.717, 1.165) is 12.0 Å². The standard InChI is InChI=1S/C18H23N3O3/c22-13-21(23)12-16(10-14-8-4-5-9-14)18-20-19-17(24-18)11-15-6-2-1-3-7-15/h1-3,6-7,13-14,16,23H,4-5,8-12H2/t16-/m0/s1. The second kappa shape index (κ2) is 8.06. The summed E-state index contributed by atoms with van der Waals surface area (Å²) in [5.41, 5.74) is 1.11. The topological polar surface area (TPSA) is 79.5 Å². The van der Waals surface area contributed by atoms with Crippen LogP contribution in [0.1, 0.15) is 55.4 Å². The molecule has 1 aromatic heterocycles. The predicted molar refractivity (Wildman–Crippen MR) is 87.4 cm³/mol. The van der Waals surface area contributed by atoms with E-state index in [9.17, 15) is 10.0 Å². The van der Waals surface area contributed by atoms with E-state index >= 15 is 0 Å². The smallest absolute Gasteiger partial charge is 0.233 e. The molecule has 6 nitrogen and oxygen atoms in total. The zero-order chi connectivity index (χ0) is 16.8. The highest BCUT2D eigenvalue weighted by atomic mass is 16.5. The molecule has 1 aliphatic carbocycles. The van der Waals surface area contributed by atoms with E-state index in [1.807, 2.05) is 30.3 Å². The first-order valence-electron chi connectivity index (χ1n) is 8.51. The number of hydroxylamine groups is 2. The van der Waals surface area contributed by atoms with E-state index in [4.69, 9.17) is 4.42 Å². The Morgan fingerprint density at radius 3 is 2.71 bits per heavy atom. The second-order valence-electron chi connectivity index (χ2n) is 6.51. The largest absolute Gasteiger partial charge is 0.425 e. The van der Waals surface area contributed by atoms with Crippen molar-refractivity contribution in [2.45, 2.75) is 44.4 Å². The molecule has 24 heavy (non-hydrogen) atoms. The van der Waals surface area contributed by atoms with Gasteiger partial charge in [-0.2, -0.15) is 0 Å². The highest BCUT2D eigenvalue weighted by molar-refractivity contribution is 5.44. The Kier molecular flexibility index (Phi) is 5.59. The van der Waals surface area contributed by atoms with Crippen molar-refractivity contribution in [2.24, 2.45) is 5.92 Å². The Morgan fingerprint density at radius 1 is 1.25 bits per heavy atom. The summed E-state index contributed by atoms with van der Waals surface area (Å²) in [5.74, 6) is 1.54. The van der Waals surface area contributed by atoms with Crippen LogP contribution in [-0.4, -0.2) is 33.4 Å². The van der Waals surface area contributed by atoms with Crippen molar-refractivity contribution < 1.29 is 14.4 Å². The zero-order valence-corrected chi connectivity index (χ0v) is 13.7. The minimum Gasteiger partial charge on any atom is -0.425 e. The van der Waals surface area contributed by atoms with Crippen molar-refractivity contribution >= 4 is 6.41 Å². The molecule has 0 unspecified atom stereocenters. The lowest BCUT2D eigenvalue weighted by atomic mass is 9.93. The molecule has 1 fully saturated rings. The fourth-order valence-corrected chi connectivity index (χ4v) is 3.44. The van der Waals surface area contributed by atoms with Gasteiger partial charge in [0.1, 0.15) is 0 Å². The Bertz CT molecular complexity index is 638. The van der Waals surface area contributed by atoms with Crippen molar-refractivity contribution in [3.63, 3.8) is 0 Å². The molecule has 128 valence electrons. The van der Waals surface area contributed by atoms with Crippen LogP contribution in [-0.2, 0) is 11.2 Å². The summed E-state index contributed by atoms with van der Waals surface area (Å²) in [5, 5.41) is 18.6. The minimum absolute atomic E-state index is 0.125. The molecule has 1 amide bonds. The first-order valence-corrected chi connectivity index (χ1v) is 8.51. The van der Waals surface area contributed by atoms with E-state index in [-0.39, 0.29) is 12.5 Å². The van der Waals surface area contributed by atoms with Gasteiger partial charge in [-0.3, -0.25) is 10.0 Å². The van der Waals surface area contributed by atoms with Gasteiger partial charge in [0, 0.05) is 0 Å². The first kappa shape index (κ1) is 16.6. The molecule has 1 heterocycles. The molecular formula is C18H23N3O3. The van der Waals surface area contributed by atoms with E-state index in [2.05, 4.69) is 10.2 Å². The lowest BCUT2D eigenvalue weighted by molar-refractivity contribution is -0.151. The molecule has 1 atom stereocenters. The fourth-order valence-electron chi connectivity index (χ4n) is 3.44. The average molecular weight is 329 g/mol. The average Bonchev–Trinajstić information content (AvgIpc) is 3.27. The number of benzene rings is 1. The third-order valence-electron chi connectivity index (χ3n) is 4.65. The number of hydrogen-bond acceptors (Lipinski definition) is 5. The Labute approximate surface area is 141 Å². The Hall–Kier alpha value is -2.21. The molecule has 3 rings (SSSR count). The third kappa shape index (κ3) is 4.41. The van der Waals surface area contributed by atoms with Gasteiger partial charge >= 0.3 is 0 Å². The summed E-state index contributed by atoms with van der Waals surface area (Å²) < 4.78 is 5.83. The van der Waals surface area contributed by atoms with Crippen LogP contribution in [0.25, 0.3) is 0 Å². The molecule has 1 aliphatic rings. The van der Waals surface area contributed by atoms with Gasteiger partial charge in [0.05, 0.1) is 18.9 Å². The van der Waals surface area contributed by atoms with Crippen LogP contribution in [0, 0.1) is 5.92 Å². The maximum atomic E-state index is 10.8. The first-order chi connectivity index (χ1) is 11.7. The van der Waals surface area contributed by atoms with Crippen molar-refractivity contribution in [2.75, 3.05) is 6.54 Å². The van der Waals surface area contributed by atoms with Crippen LogP contribution in [0.3, 0.4) is 0 Å². The highest BCUT2D eigenvalue weighted by Gasteiger charge is 2.26. The van der Waals surface area contributed by atoms with Gasteiger partial charge < -0.3 is 4.42 Å². The molecule has 0 radical (unpaired) electrons. The van der Waals surface area contributed by atoms with Crippen molar-refractivity contribution in [1.29, 1.82) is 0 Å². The number of aromatic nitrogens is 2. The number of nitrogens with zero attached hydrogens (tertiary/aromatic N) is 3. The summed E-state index contributed by atoms with van der Waals surface area (Å²) in [6.45, 7) is 0.187. The van der Waals surface area contributed by atoms with Gasteiger partial charge in [0.15, 0.2) is 0 Å². The van der Waals surface area contributed by atoms with Crippen LogP contribution in [0.5, 0.6) is 0 Å². The van der Waals surface area contributed by atoms with Crippen molar-refractivity contribution in [3.8, 4) is 0 Å².